The predicted molar refractivity (Wildman–Crippen MR) is 57.0 cm³/mol. The molecule has 0 saturated carbocycles. The number of benzene rings is 1. The zero-order valence-electron chi connectivity index (χ0n) is 8.14. The van der Waals surface area contributed by atoms with E-state index in [0.29, 0.717) is 0 Å². The fourth-order valence-corrected chi connectivity index (χ4v) is 1.29. The molecule has 0 aliphatic carbocycles. The van der Waals surface area contributed by atoms with Crippen LogP contribution in [0.1, 0.15) is 5.56 Å². The van der Waals surface area contributed by atoms with Crippen molar-refractivity contribution >= 4 is 5.82 Å². The first-order valence-corrected chi connectivity index (χ1v) is 4.60. The third-order valence-electron chi connectivity index (χ3n) is 2.02. The monoisotopic (exact) mass is 187 g/mol. The minimum Gasteiger partial charge on any atom is -0.365 e. The molecule has 1 N–H and O–H groups in total. The van der Waals surface area contributed by atoms with E-state index in [1.165, 1.54) is 5.56 Å². The van der Waals surface area contributed by atoms with Crippen molar-refractivity contribution < 1.29 is 0 Å². The van der Waals surface area contributed by atoms with E-state index in [9.17, 15) is 0 Å². The number of nitrogens with one attached hydrogen (secondary N) is 1. The van der Waals surface area contributed by atoms with Crippen LogP contribution < -0.4 is 5.32 Å². The van der Waals surface area contributed by atoms with E-state index in [-0.39, 0.29) is 0 Å². The van der Waals surface area contributed by atoms with Crippen LogP contribution in [0.2, 0.25) is 0 Å². The summed E-state index contributed by atoms with van der Waals surface area (Å²) in [6, 6.07) is 10.3. The number of hydrogen-bond acceptors (Lipinski definition) is 2. The van der Waals surface area contributed by atoms with Crippen LogP contribution in [-0.2, 0) is 13.6 Å². The summed E-state index contributed by atoms with van der Waals surface area (Å²) < 4.78 is 1.92. The summed E-state index contributed by atoms with van der Waals surface area (Å²) in [6.45, 7) is 0.817. The molecule has 0 amide bonds. The van der Waals surface area contributed by atoms with Crippen LogP contribution in [0.4, 0.5) is 5.82 Å². The molecule has 1 aromatic carbocycles. The van der Waals surface area contributed by atoms with Crippen molar-refractivity contribution in [3.05, 3.63) is 48.4 Å². The molecule has 14 heavy (non-hydrogen) atoms. The maximum absolute atomic E-state index is 4.18. The minimum absolute atomic E-state index is 0.817. The second-order valence-electron chi connectivity index (χ2n) is 3.26. The molecule has 72 valence electrons. The fourth-order valence-electron chi connectivity index (χ4n) is 1.29. The number of imidazole rings is 1. The average Bonchev–Trinajstić information content (AvgIpc) is 2.63. The maximum atomic E-state index is 4.18. The molecule has 1 heterocycles. The zero-order valence-corrected chi connectivity index (χ0v) is 8.14. The molecule has 2 rings (SSSR count). The first kappa shape index (κ1) is 8.81. The summed E-state index contributed by atoms with van der Waals surface area (Å²) in [6.07, 6.45) is 3.75. The fraction of sp³-hybridized carbons (Fsp3) is 0.182. The lowest BCUT2D eigenvalue weighted by molar-refractivity contribution is 0.913. The number of rotatable bonds is 3. The first-order valence-electron chi connectivity index (χ1n) is 4.60. The topological polar surface area (TPSA) is 29.9 Å². The van der Waals surface area contributed by atoms with Gasteiger partial charge in [0.05, 0.1) is 6.33 Å². The summed E-state index contributed by atoms with van der Waals surface area (Å²) in [5.41, 5.74) is 1.26. The van der Waals surface area contributed by atoms with Gasteiger partial charge in [0, 0.05) is 19.8 Å². The Hall–Kier alpha value is -1.77. The van der Waals surface area contributed by atoms with E-state index in [0.717, 1.165) is 12.4 Å². The molecule has 0 aliphatic heterocycles. The highest BCUT2D eigenvalue weighted by molar-refractivity contribution is 5.32. The van der Waals surface area contributed by atoms with E-state index in [1.807, 2.05) is 36.0 Å². The Morgan fingerprint density at radius 3 is 2.71 bits per heavy atom. The Labute approximate surface area is 83.4 Å². The lowest BCUT2D eigenvalue weighted by Crippen LogP contribution is -1.98. The van der Waals surface area contributed by atoms with Crippen molar-refractivity contribution in [2.45, 2.75) is 6.54 Å². The molecule has 0 radical (unpaired) electrons. The summed E-state index contributed by atoms with van der Waals surface area (Å²) in [5.74, 6) is 0.913. The molecule has 3 heteroatoms. The third-order valence-corrected chi connectivity index (χ3v) is 2.02. The molecule has 2 aromatic rings. The highest BCUT2D eigenvalue weighted by atomic mass is 15.1. The smallest absolute Gasteiger partial charge is 0.144 e. The van der Waals surface area contributed by atoms with Gasteiger partial charge >= 0.3 is 0 Å². The van der Waals surface area contributed by atoms with Gasteiger partial charge < -0.3 is 9.88 Å². The Morgan fingerprint density at radius 1 is 1.29 bits per heavy atom. The standard InChI is InChI=1S/C11H13N3/c1-14-8-11(13-9-14)12-7-10-5-3-2-4-6-10/h2-6,8-9,12H,7H2,1H3. The lowest BCUT2D eigenvalue weighted by Gasteiger charge is -2.01. The number of nitrogens with zero attached hydrogens (tertiary/aromatic N) is 2. The molecule has 0 atom stereocenters. The number of hydrogen-bond donors (Lipinski definition) is 1. The van der Waals surface area contributed by atoms with Crippen LogP contribution in [0.5, 0.6) is 0 Å². The Kier molecular flexibility index (Phi) is 2.49. The second kappa shape index (κ2) is 3.96. The predicted octanol–water partition coefficient (Wildman–Crippen LogP) is 2.03. The molecule has 0 bridgehead atoms. The molecule has 0 fully saturated rings. The molecule has 0 spiro atoms. The van der Waals surface area contributed by atoms with Crippen molar-refractivity contribution in [3.8, 4) is 0 Å². The van der Waals surface area contributed by atoms with Gasteiger partial charge in [0.25, 0.3) is 0 Å². The largest absolute Gasteiger partial charge is 0.365 e. The summed E-state index contributed by atoms with van der Waals surface area (Å²) in [5, 5.41) is 3.25. The van der Waals surface area contributed by atoms with Crippen molar-refractivity contribution in [2.24, 2.45) is 7.05 Å². The van der Waals surface area contributed by atoms with Gasteiger partial charge in [0.1, 0.15) is 5.82 Å². The van der Waals surface area contributed by atoms with Gasteiger partial charge in [-0.1, -0.05) is 30.3 Å². The van der Waals surface area contributed by atoms with Gasteiger partial charge in [-0.25, -0.2) is 4.98 Å². The maximum Gasteiger partial charge on any atom is 0.144 e. The SMILES string of the molecule is Cn1cnc(NCc2ccccc2)c1. The van der Waals surface area contributed by atoms with E-state index in [4.69, 9.17) is 0 Å². The Morgan fingerprint density at radius 2 is 2.07 bits per heavy atom. The zero-order chi connectivity index (χ0) is 9.80. The molecule has 0 saturated heterocycles. The molecule has 0 aliphatic rings. The molecule has 0 unspecified atom stereocenters. The summed E-state index contributed by atoms with van der Waals surface area (Å²) >= 11 is 0. The first-order chi connectivity index (χ1) is 6.84. The van der Waals surface area contributed by atoms with E-state index in [1.54, 1.807) is 6.33 Å². The van der Waals surface area contributed by atoms with Crippen LogP contribution in [0.3, 0.4) is 0 Å². The third kappa shape index (κ3) is 2.13. The van der Waals surface area contributed by atoms with Crippen LogP contribution in [0.15, 0.2) is 42.9 Å². The van der Waals surface area contributed by atoms with Gasteiger partial charge in [-0.05, 0) is 5.56 Å². The quantitative estimate of drug-likeness (QED) is 0.796. The number of aryl methyl sites for hydroxylation is 1. The van der Waals surface area contributed by atoms with Crippen LogP contribution >= 0.6 is 0 Å². The van der Waals surface area contributed by atoms with Crippen molar-refractivity contribution in [1.82, 2.24) is 9.55 Å². The average molecular weight is 187 g/mol. The van der Waals surface area contributed by atoms with E-state index < -0.39 is 0 Å². The van der Waals surface area contributed by atoms with Crippen LogP contribution in [0, 0.1) is 0 Å². The summed E-state index contributed by atoms with van der Waals surface area (Å²) in [4.78, 5) is 4.18. The molecule has 1 aromatic heterocycles. The van der Waals surface area contributed by atoms with Gasteiger partial charge in [-0.15, -0.1) is 0 Å². The van der Waals surface area contributed by atoms with Gasteiger partial charge in [-0.2, -0.15) is 0 Å². The summed E-state index contributed by atoms with van der Waals surface area (Å²) in [7, 11) is 1.96. The minimum atomic E-state index is 0.817. The molecular weight excluding hydrogens is 174 g/mol. The Balaban J connectivity index is 1.95. The lowest BCUT2D eigenvalue weighted by atomic mass is 10.2. The highest BCUT2D eigenvalue weighted by Crippen LogP contribution is 2.04. The van der Waals surface area contributed by atoms with E-state index in [2.05, 4.69) is 22.4 Å². The van der Waals surface area contributed by atoms with Crippen LogP contribution in [-0.4, -0.2) is 9.55 Å². The molecule has 3 nitrogen and oxygen atoms in total. The number of aromatic nitrogens is 2. The van der Waals surface area contributed by atoms with Gasteiger partial charge in [0.15, 0.2) is 0 Å². The molecular formula is C11H13N3. The highest BCUT2D eigenvalue weighted by Gasteiger charge is 1.95. The second-order valence-corrected chi connectivity index (χ2v) is 3.26. The van der Waals surface area contributed by atoms with Crippen LogP contribution in [0.25, 0.3) is 0 Å². The van der Waals surface area contributed by atoms with Gasteiger partial charge in [-0.3, -0.25) is 0 Å². The van der Waals surface area contributed by atoms with E-state index >= 15 is 0 Å². The van der Waals surface area contributed by atoms with Crippen molar-refractivity contribution in [2.75, 3.05) is 5.32 Å². The van der Waals surface area contributed by atoms with Crippen molar-refractivity contribution in [3.63, 3.8) is 0 Å². The van der Waals surface area contributed by atoms with Crippen molar-refractivity contribution in [1.29, 1.82) is 0 Å². The van der Waals surface area contributed by atoms with Gasteiger partial charge in [0.2, 0.25) is 0 Å². The Bertz CT molecular complexity index is 392. The number of anilines is 1. The normalized spacial score (nSPS) is 10.1.